The molecule has 0 aliphatic carbocycles. The van der Waals surface area contributed by atoms with E-state index in [4.69, 9.17) is 28.9 Å². The van der Waals surface area contributed by atoms with Gasteiger partial charge in [0.2, 0.25) is 0 Å². The van der Waals surface area contributed by atoms with E-state index in [0.717, 1.165) is 11.1 Å². The number of carbonyl (C=O) groups is 1. The van der Waals surface area contributed by atoms with E-state index in [1.807, 2.05) is 26.0 Å². The van der Waals surface area contributed by atoms with E-state index in [1.165, 1.54) is 0 Å². The van der Waals surface area contributed by atoms with E-state index in [0.29, 0.717) is 21.4 Å². The Hall–Kier alpha value is -1.71. The molecular formula is C15H14Cl2N2O. The summed E-state index contributed by atoms with van der Waals surface area (Å²) < 4.78 is 0. The number of benzene rings is 2. The molecule has 0 aliphatic heterocycles. The molecule has 1 amide bonds. The third-order valence-corrected chi connectivity index (χ3v) is 3.68. The van der Waals surface area contributed by atoms with Crippen molar-refractivity contribution in [3.8, 4) is 0 Å². The van der Waals surface area contributed by atoms with E-state index in [2.05, 4.69) is 5.32 Å². The van der Waals surface area contributed by atoms with Gasteiger partial charge in [0.1, 0.15) is 0 Å². The zero-order chi connectivity index (χ0) is 14.9. The van der Waals surface area contributed by atoms with Gasteiger partial charge >= 0.3 is 0 Å². The lowest BCUT2D eigenvalue weighted by Gasteiger charge is -2.12. The van der Waals surface area contributed by atoms with Crippen LogP contribution in [0.5, 0.6) is 0 Å². The van der Waals surface area contributed by atoms with Gasteiger partial charge in [0.15, 0.2) is 0 Å². The summed E-state index contributed by atoms with van der Waals surface area (Å²) in [6.07, 6.45) is 0. The summed E-state index contributed by atoms with van der Waals surface area (Å²) in [6.45, 7) is 3.76. The summed E-state index contributed by atoms with van der Waals surface area (Å²) in [7, 11) is 0. The summed E-state index contributed by atoms with van der Waals surface area (Å²) >= 11 is 12.0. The fraction of sp³-hybridized carbons (Fsp3) is 0.133. The number of aryl methyl sites for hydroxylation is 2. The Bertz CT molecular complexity index is 664. The Morgan fingerprint density at radius 1 is 1.10 bits per heavy atom. The number of hydrogen-bond donors (Lipinski definition) is 2. The molecule has 0 saturated carbocycles. The summed E-state index contributed by atoms with van der Waals surface area (Å²) in [4.78, 5) is 12.3. The number of rotatable bonds is 2. The van der Waals surface area contributed by atoms with Gasteiger partial charge in [-0.05, 0) is 49.2 Å². The molecule has 0 aromatic heterocycles. The highest BCUT2D eigenvalue weighted by atomic mass is 35.5. The van der Waals surface area contributed by atoms with E-state index in [9.17, 15) is 4.79 Å². The monoisotopic (exact) mass is 308 g/mol. The van der Waals surface area contributed by atoms with Gasteiger partial charge in [-0.1, -0.05) is 29.3 Å². The predicted octanol–water partition coefficient (Wildman–Crippen LogP) is 4.44. The first-order chi connectivity index (χ1) is 9.40. The molecular weight excluding hydrogens is 295 g/mol. The number of carbonyl (C=O) groups excluding carboxylic acids is 1. The first-order valence-corrected chi connectivity index (χ1v) is 6.78. The maximum atomic E-state index is 12.3. The zero-order valence-electron chi connectivity index (χ0n) is 11.1. The van der Waals surface area contributed by atoms with Crippen LogP contribution in [0.3, 0.4) is 0 Å². The lowest BCUT2D eigenvalue weighted by Crippen LogP contribution is -2.14. The van der Waals surface area contributed by atoms with Gasteiger partial charge in [0.25, 0.3) is 5.91 Å². The molecule has 0 spiro atoms. The van der Waals surface area contributed by atoms with Crippen LogP contribution in [-0.4, -0.2) is 5.91 Å². The minimum Gasteiger partial charge on any atom is -0.399 e. The molecule has 0 radical (unpaired) electrons. The highest BCUT2D eigenvalue weighted by Crippen LogP contribution is 2.27. The van der Waals surface area contributed by atoms with E-state index < -0.39 is 0 Å². The molecule has 0 saturated heterocycles. The standard InChI is InChI=1S/C15H14Cl2N2O/c1-8-7-13(9(2)6-12(8)18)19-15(20)14-10(16)4-3-5-11(14)17/h3-7H,18H2,1-2H3,(H,19,20). The third kappa shape index (κ3) is 2.89. The maximum Gasteiger partial charge on any atom is 0.258 e. The summed E-state index contributed by atoms with van der Waals surface area (Å²) in [5, 5.41) is 3.45. The molecule has 3 N–H and O–H groups in total. The maximum absolute atomic E-state index is 12.3. The number of nitrogens with two attached hydrogens (primary N) is 1. The van der Waals surface area contributed by atoms with Crippen molar-refractivity contribution < 1.29 is 4.79 Å². The van der Waals surface area contributed by atoms with Crippen LogP contribution >= 0.6 is 23.2 Å². The van der Waals surface area contributed by atoms with Gasteiger partial charge in [-0.2, -0.15) is 0 Å². The second kappa shape index (κ2) is 5.73. The number of amides is 1. The largest absolute Gasteiger partial charge is 0.399 e. The fourth-order valence-corrected chi connectivity index (χ4v) is 2.44. The van der Waals surface area contributed by atoms with Gasteiger partial charge < -0.3 is 11.1 Å². The normalized spacial score (nSPS) is 10.4. The number of anilines is 2. The lowest BCUT2D eigenvalue weighted by molar-refractivity contribution is 0.102. The minimum atomic E-state index is -0.340. The van der Waals surface area contributed by atoms with Crippen LogP contribution in [0.4, 0.5) is 11.4 Å². The third-order valence-electron chi connectivity index (χ3n) is 3.05. The lowest BCUT2D eigenvalue weighted by atomic mass is 10.1. The van der Waals surface area contributed by atoms with Gasteiger partial charge in [-0.15, -0.1) is 0 Å². The first kappa shape index (κ1) is 14.7. The van der Waals surface area contributed by atoms with Crippen molar-refractivity contribution in [3.05, 3.63) is 57.1 Å². The van der Waals surface area contributed by atoms with Crippen molar-refractivity contribution in [2.45, 2.75) is 13.8 Å². The van der Waals surface area contributed by atoms with Crippen molar-refractivity contribution in [2.24, 2.45) is 0 Å². The second-order valence-electron chi connectivity index (χ2n) is 4.57. The van der Waals surface area contributed by atoms with E-state index in [-0.39, 0.29) is 11.5 Å². The quantitative estimate of drug-likeness (QED) is 0.806. The van der Waals surface area contributed by atoms with Gasteiger partial charge in [0, 0.05) is 11.4 Å². The molecule has 0 heterocycles. The molecule has 2 aromatic carbocycles. The zero-order valence-corrected chi connectivity index (χ0v) is 12.6. The summed E-state index contributed by atoms with van der Waals surface area (Å²) in [5.41, 5.74) is 9.25. The van der Waals surface area contributed by atoms with E-state index in [1.54, 1.807) is 18.2 Å². The Morgan fingerprint density at radius 3 is 2.30 bits per heavy atom. The molecule has 3 nitrogen and oxygen atoms in total. The highest BCUT2D eigenvalue weighted by Gasteiger charge is 2.15. The second-order valence-corrected chi connectivity index (χ2v) is 5.39. The van der Waals surface area contributed by atoms with Crippen LogP contribution in [0.15, 0.2) is 30.3 Å². The van der Waals surface area contributed by atoms with Gasteiger partial charge in [-0.25, -0.2) is 0 Å². The topological polar surface area (TPSA) is 55.1 Å². The average Bonchev–Trinajstić information content (AvgIpc) is 2.35. The Morgan fingerprint density at radius 2 is 1.70 bits per heavy atom. The van der Waals surface area contributed by atoms with Crippen LogP contribution < -0.4 is 11.1 Å². The number of halogens is 2. The number of hydrogen-bond acceptors (Lipinski definition) is 2. The van der Waals surface area contributed by atoms with Gasteiger partial charge in [-0.3, -0.25) is 4.79 Å². The molecule has 2 aromatic rings. The van der Waals surface area contributed by atoms with Crippen LogP contribution in [0.25, 0.3) is 0 Å². The Balaban J connectivity index is 2.35. The Kier molecular flexibility index (Phi) is 4.21. The van der Waals surface area contributed by atoms with Crippen molar-refractivity contribution in [1.29, 1.82) is 0 Å². The van der Waals surface area contributed by atoms with Crippen molar-refractivity contribution in [2.75, 3.05) is 11.1 Å². The van der Waals surface area contributed by atoms with Crippen molar-refractivity contribution in [3.63, 3.8) is 0 Å². The highest BCUT2D eigenvalue weighted by molar-refractivity contribution is 6.40. The van der Waals surface area contributed by atoms with E-state index >= 15 is 0 Å². The summed E-state index contributed by atoms with van der Waals surface area (Å²) in [5.74, 6) is -0.340. The minimum absolute atomic E-state index is 0.268. The molecule has 0 bridgehead atoms. The van der Waals surface area contributed by atoms with Crippen molar-refractivity contribution in [1.82, 2.24) is 0 Å². The SMILES string of the molecule is Cc1cc(NC(=O)c2c(Cl)cccc2Cl)c(C)cc1N. The molecule has 5 heteroatoms. The average molecular weight is 309 g/mol. The molecule has 20 heavy (non-hydrogen) atoms. The van der Waals surface area contributed by atoms with Crippen LogP contribution in [0.2, 0.25) is 10.0 Å². The smallest absolute Gasteiger partial charge is 0.258 e. The molecule has 0 unspecified atom stereocenters. The summed E-state index contributed by atoms with van der Waals surface area (Å²) in [6, 6.07) is 8.60. The molecule has 0 aliphatic rings. The van der Waals surface area contributed by atoms with Crippen LogP contribution in [-0.2, 0) is 0 Å². The van der Waals surface area contributed by atoms with Crippen LogP contribution in [0.1, 0.15) is 21.5 Å². The molecule has 2 rings (SSSR count). The van der Waals surface area contributed by atoms with Crippen LogP contribution in [0, 0.1) is 13.8 Å². The Labute approximate surface area is 127 Å². The van der Waals surface area contributed by atoms with Gasteiger partial charge in [0.05, 0.1) is 15.6 Å². The fourth-order valence-electron chi connectivity index (χ4n) is 1.87. The number of nitrogens with one attached hydrogen (secondary N) is 1. The predicted molar refractivity (Wildman–Crippen MR) is 84.7 cm³/mol. The number of nitrogen functional groups attached to an aromatic ring is 1. The molecule has 0 fully saturated rings. The molecule has 0 atom stereocenters. The van der Waals surface area contributed by atoms with Crippen molar-refractivity contribution >= 4 is 40.5 Å². The molecule has 104 valence electrons. The first-order valence-electron chi connectivity index (χ1n) is 6.02.